The zero-order valence-corrected chi connectivity index (χ0v) is 18.4. The van der Waals surface area contributed by atoms with Crippen LogP contribution in [0.3, 0.4) is 0 Å². The van der Waals surface area contributed by atoms with E-state index in [-0.39, 0.29) is 18.5 Å². The largest absolute Gasteiger partial charge is 0.496 e. The molecular formula is C21H31N7O2. The highest BCUT2D eigenvalue weighted by molar-refractivity contribution is 5.98. The number of rotatable bonds is 6. The molecule has 0 radical (unpaired) electrons. The lowest BCUT2D eigenvalue weighted by molar-refractivity contribution is -0.120. The quantitative estimate of drug-likeness (QED) is 0.561. The highest BCUT2D eigenvalue weighted by atomic mass is 16.5. The maximum absolute atomic E-state index is 12.7. The zero-order valence-electron chi connectivity index (χ0n) is 18.4. The number of piperazine rings is 1. The fourth-order valence-corrected chi connectivity index (χ4v) is 3.71. The number of likely N-dealkylation sites (N-methyl/N-ethyl adjacent to an activating group) is 1. The number of methoxy groups -OCH3 is 1. The van der Waals surface area contributed by atoms with E-state index in [1.54, 1.807) is 29.9 Å². The van der Waals surface area contributed by atoms with Crippen molar-refractivity contribution >= 4 is 17.6 Å². The van der Waals surface area contributed by atoms with Crippen molar-refractivity contribution in [2.45, 2.75) is 6.04 Å². The molecular weight excluding hydrogens is 382 g/mol. The predicted molar refractivity (Wildman–Crippen MR) is 118 cm³/mol. The summed E-state index contributed by atoms with van der Waals surface area (Å²) in [7, 11) is 9.35. The molecule has 3 rings (SSSR count). The Kier molecular flexibility index (Phi) is 6.94. The van der Waals surface area contributed by atoms with Crippen molar-refractivity contribution in [3.8, 4) is 5.75 Å². The first-order valence-corrected chi connectivity index (χ1v) is 9.98. The molecule has 1 atom stereocenters. The van der Waals surface area contributed by atoms with E-state index in [1.807, 2.05) is 50.4 Å². The molecule has 1 saturated heterocycles. The summed E-state index contributed by atoms with van der Waals surface area (Å²) in [5.41, 5.74) is 1.93. The standard InChI is InChI=1S/C21H31N7O2/c1-22-21(23-13-18(25(2)3)17-8-6-7-9-19(17)30-5)27-10-11-28(20(29)15-27)16-12-24-26(4)14-16/h6-9,12,14,18H,10-11,13,15H2,1-5H3,(H,22,23). The average Bonchev–Trinajstić information content (AvgIpc) is 3.17. The Labute approximate surface area is 177 Å². The summed E-state index contributed by atoms with van der Waals surface area (Å²) in [5, 5.41) is 7.60. The second-order valence-corrected chi connectivity index (χ2v) is 7.49. The molecule has 162 valence electrons. The molecule has 2 aromatic rings. The van der Waals surface area contributed by atoms with Gasteiger partial charge in [0.2, 0.25) is 5.91 Å². The number of guanidine groups is 1. The molecule has 1 aliphatic rings. The number of aliphatic imine (C=N–C) groups is 1. The number of carbonyl (C=O) groups excluding carboxylic acids is 1. The monoisotopic (exact) mass is 413 g/mol. The van der Waals surface area contributed by atoms with Crippen molar-refractivity contribution in [2.75, 3.05) is 59.3 Å². The normalized spacial score (nSPS) is 16.2. The number of amides is 1. The van der Waals surface area contributed by atoms with Gasteiger partial charge in [-0.1, -0.05) is 18.2 Å². The first-order valence-electron chi connectivity index (χ1n) is 9.98. The van der Waals surface area contributed by atoms with Gasteiger partial charge in [0.15, 0.2) is 5.96 Å². The molecule has 1 fully saturated rings. The third-order valence-corrected chi connectivity index (χ3v) is 5.31. The maximum Gasteiger partial charge on any atom is 0.246 e. The van der Waals surface area contributed by atoms with E-state index in [4.69, 9.17) is 4.74 Å². The smallest absolute Gasteiger partial charge is 0.246 e. The highest BCUT2D eigenvalue weighted by Gasteiger charge is 2.28. The number of carbonyl (C=O) groups is 1. The number of hydrogen-bond donors (Lipinski definition) is 1. The predicted octanol–water partition coefficient (Wildman–Crippen LogP) is 0.956. The molecule has 1 aromatic heterocycles. The fourth-order valence-electron chi connectivity index (χ4n) is 3.71. The van der Waals surface area contributed by atoms with Crippen LogP contribution in [0.4, 0.5) is 5.69 Å². The first-order chi connectivity index (χ1) is 14.4. The summed E-state index contributed by atoms with van der Waals surface area (Å²) in [6.45, 7) is 2.20. The van der Waals surface area contributed by atoms with Gasteiger partial charge in [-0.3, -0.25) is 14.5 Å². The van der Waals surface area contributed by atoms with Crippen LogP contribution in [0.5, 0.6) is 5.75 Å². The van der Waals surface area contributed by atoms with E-state index in [0.29, 0.717) is 19.6 Å². The second-order valence-electron chi connectivity index (χ2n) is 7.49. The Bertz CT molecular complexity index is 893. The molecule has 0 bridgehead atoms. The van der Waals surface area contributed by atoms with Gasteiger partial charge < -0.3 is 24.8 Å². The molecule has 0 aliphatic carbocycles. The molecule has 0 saturated carbocycles. The molecule has 1 amide bonds. The Morgan fingerprint density at radius 3 is 2.70 bits per heavy atom. The number of ether oxygens (including phenoxy) is 1. The number of anilines is 1. The Morgan fingerprint density at radius 1 is 1.33 bits per heavy atom. The molecule has 30 heavy (non-hydrogen) atoms. The highest BCUT2D eigenvalue weighted by Crippen LogP contribution is 2.27. The minimum Gasteiger partial charge on any atom is -0.496 e. The average molecular weight is 414 g/mol. The Balaban J connectivity index is 1.66. The number of aryl methyl sites for hydroxylation is 1. The van der Waals surface area contributed by atoms with Crippen molar-refractivity contribution in [3.05, 3.63) is 42.2 Å². The number of nitrogens with zero attached hydrogens (tertiary/aromatic N) is 6. The van der Waals surface area contributed by atoms with E-state index in [0.717, 1.165) is 23.0 Å². The lowest BCUT2D eigenvalue weighted by Crippen LogP contribution is -2.56. The molecule has 1 aliphatic heterocycles. The molecule has 1 unspecified atom stereocenters. The topological polar surface area (TPSA) is 78.2 Å². The fraction of sp³-hybridized carbons (Fsp3) is 0.476. The summed E-state index contributed by atoms with van der Waals surface area (Å²) in [6.07, 6.45) is 3.57. The Hall–Kier alpha value is -3.07. The van der Waals surface area contributed by atoms with Crippen LogP contribution < -0.4 is 15.0 Å². The van der Waals surface area contributed by atoms with Crippen LogP contribution >= 0.6 is 0 Å². The summed E-state index contributed by atoms with van der Waals surface area (Å²) < 4.78 is 7.25. The molecule has 1 aromatic carbocycles. The summed E-state index contributed by atoms with van der Waals surface area (Å²) in [6, 6.07) is 8.11. The SMILES string of the molecule is CN=C(NCC(c1ccccc1OC)N(C)C)N1CCN(c2cnn(C)c2)C(=O)C1. The van der Waals surface area contributed by atoms with E-state index in [1.165, 1.54) is 0 Å². The van der Waals surface area contributed by atoms with Crippen LogP contribution in [-0.4, -0.2) is 85.9 Å². The molecule has 9 heteroatoms. The van der Waals surface area contributed by atoms with Crippen molar-refractivity contribution in [1.82, 2.24) is 24.9 Å². The van der Waals surface area contributed by atoms with E-state index in [9.17, 15) is 4.79 Å². The minimum absolute atomic E-state index is 0.0334. The van der Waals surface area contributed by atoms with Crippen LogP contribution in [0, 0.1) is 0 Å². The van der Waals surface area contributed by atoms with Crippen LogP contribution in [0.25, 0.3) is 0 Å². The van der Waals surface area contributed by atoms with Crippen molar-refractivity contribution in [3.63, 3.8) is 0 Å². The molecule has 1 N–H and O–H groups in total. The molecule has 9 nitrogen and oxygen atoms in total. The van der Waals surface area contributed by atoms with Gasteiger partial charge in [-0.15, -0.1) is 0 Å². The maximum atomic E-state index is 12.7. The van der Waals surface area contributed by atoms with Crippen molar-refractivity contribution < 1.29 is 9.53 Å². The van der Waals surface area contributed by atoms with Crippen LogP contribution in [0.15, 0.2) is 41.7 Å². The second kappa shape index (κ2) is 9.62. The van der Waals surface area contributed by atoms with E-state index < -0.39 is 0 Å². The number of nitrogens with one attached hydrogen (secondary N) is 1. The third-order valence-electron chi connectivity index (χ3n) is 5.31. The van der Waals surface area contributed by atoms with Gasteiger partial charge in [0, 0.05) is 45.5 Å². The molecule has 2 heterocycles. The van der Waals surface area contributed by atoms with Crippen molar-refractivity contribution in [1.29, 1.82) is 0 Å². The lowest BCUT2D eigenvalue weighted by atomic mass is 10.0. The number of benzene rings is 1. The van der Waals surface area contributed by atoms with Gasteiger partial charge in [0.25, 0.3) is 0 Å². The van der Waals surface area contributed by atoms with Gasteiger partial charge in [-0.05, 0) is 20.2 Å². The van der Waals surface area contributed by atoms with Gasteiger partial charge >= 0.3 is 0 Å². The van der Waals surface area contributed by atoms with E-state index in [2.05, 4.69) is 26.4 Å². The zero-order chi connectivity index (χ0) is 21.7. The summed E-state index contributed by atoms with van der Waals surface area (Å²) in [4.78, 5) is 23.0. The lowest BCUT2D eigenvalue weighted by Gasteiger charge is -2.36. The summed E-state index contributed by atoms with van der Waals surface area (Å²) >= 11 is 0. The van der Waals surface area contributed by atoms with Crippen LogP contribution in [0.1, 0.15) is 11.6 Å². The molecule has 0 spiro atoms. The third kappa shape index (κ3) is 4.73. The minimum atomic E-state index is 0.0334. The van der Waals surface area contributed by atoms with Gasteiger partial charge in [0.05, 0.1) is 25.0 Å². The van der Waals surface area contributed by atoms with Crippen molar-refractivity contribution in [2.24, 2.45) is 12.0 Å². The number of para-hydroxylation sites is 1. The first kappa shape index (κ1) is 21.6. The number of aromatic nitrogens is 2. The van der Waals surface area contributed by atoms with Crippen LogP contribution in [-0.2, 0) is 11.8 Å². The Morgan fingerprint density at radius 2 is 2.10 bits per heavy atom. The van der Waals surface area contributed by atoms with E-state index >= 15 is 0 Å². The number of hydrogen-bond acceptors (Lipinski definition) is 5. The van der Waals surface area contributed by atoms with Crippen LogP contribution in [0.2, 0.25) is 0 Å². The van der Waals surface area contributed by atoms with Gasteiger partial charge in [-0.25, -0.2) is 0 Å². The summed E-state index contributed by atoms with van der Waals surface area (Å²) in [5.74, 6) is 1.61. The van der Waals surface area contributed by atoms with Gasteiger partial charge in [-0.2, -0.15) is 5.10 Å². The van der Waals surface area contributed by atoms with Gasteiger partial charge in [0.1, 0.15) is 12.3 Å².